The van der Waals surface area contributed by atoms with Crippen LogP contribution in [0.15, 0.2) is 6.08 Å². The Morgan fingerprint density at radius 2 is 1.69 bits per heavy atom. The standard InChI is InChI=1S/C11H17N3O2/c1-4-5-6-7-8-9-12-10(15-2)14-11(13-9)16-3/h7-8H,4-6H2,1-3H3/b8-7+. The second-order valence-corrected chi connectivity index (χ2v) is 3.21. The van der Waals surface area contributed by atoms with E-state index in [1.165, 1.54) is 20.6 Å². The summed E-state index contributed by atoms with van der Waals surface area (Å²) >= 11 is 0. The molecule has 0 aromatic carbocycles. The fraction of sp³-hybridized carbons (Fsp3) is 0.545. The summed E-state index contributed by atoms with van der Waals surface area (Å²) in [7, 11) is 3.03. The van der Waals surface area contributed by atoms with Gasteiger partial charge >= 0.3 is 12.0 Å². The first-order valence-electron chi connectivity index (χ1n) is 5.30. The molecule has 1 aromatic rings. The predicted octanol–water partition coefficient (Wildman–Crippen LogP) is 2.09. The number of nitrogens with zero attached hydrogens (tertiary/aromatic N) is 3. The molecule has 0 fully saturated rings. The number of unbranched alkanes of at least 4 members (excludes halogenated alkanes) is 2. The number of hydrogen-bond donors (Lipinski definition) is 0. The van der Waals surface area contributed by atoms with Crippen LogP contribution in [0.3, 0.4) is 0 Å². The summed E-state index contributed by atoms with van der Waals surface area (Å²) in [6, 6.07) is 0.531. The van der Waals surface area contributed by atoms with Crippen LogP contribution in [0, 0.1) is 0 Å². The van der Waals surface area contributed by atoms with Crippen LogP contribution in [0.2, 0.25) is 0 Å². The summed E-state index contributed by atoms with van der Waals surface area (Å²) in [5.74, 6) is 0.555. The molecule has 0 aliphatic rings. The second kappa shape index (κ2) is 6.76. The van der Waals surface area contributed by atoms with E-state index in [1.54, 1.807) is 0 Å². The van der Waals surface area contributed by atoms with Crippen molar-refractivity contribution in [3.63, 3.8) is 0 Å². The lowest BCUT2D eigenvalue weighted by Gasteiger charge is -2.01. The Bertz CT molecular complexity index is 331. The molecule has 0 spiro atoms. The van der Waals surface area contributed by atoms with Gasteiger partial charge in [-0.3, -0.25) is 0 Å². The molecule has 1 heterocycles. The van der Waals surface area contributed by atoms with E-state index in [0.29, 0.717) is 5.82 Å². The Kier molecular flexibility index (Phi) is 5.25. The molecule has 1 rings (SSSR count). The fourth-order valence-electron chi connectivity index (χ4n) is 1.12. The van der Waals surface area contributed by atoms with Gasteiger partial charge in [0.25, 0.3) is 0 Å². The first-order chi connectivity index (χ1) is 7.80. The Morgan fingerprint density at radius 1 is 1.06 bits per heavy atom. The van der Waals surface area contributed by atoms with Gasteiger partial charge in [-0.1, -0.05) is 25.8 Å². The molecule has 0 bridgehead atoms. The van der Waals surface area contributed by atoms with Gasteiger partial charge in [0.05, 0.1) is 14.2 Å². The summed E-state index contributed by atoms with van der Waals surface area (Å²) in [5.41, 5.74) is 0. The van der Waals surface area contributed by atoms with Gasteiger partial charge < -0.3 is 9.47 Å². The molecule has 0 aliphatic carbocycles. The number of aromatic nitrogens is 3. The van der Waals surface area contributed by atoms with E-state index in [4.69, 9.17) is 9.47 Å². The van der Waals surface area contributed by atoms with Gasteiger partial charge in [0.15, 0.2) is 5.82 Å². The molecule has 16 heavy (non-hydrogen) atoms. The van der Waals surface area contributed by atoms with Gasteiger partial charge in [0.2, 0.25) is 0 Å². The molecular weight excluding hydrogens is 206 g/mol. The number of methoxy groups -OCH3 is 2. The van der Waals surface area contributed by atoms with Crippen LogP contribution in [0.5, 0.6) is 12.0 Å². The van der Waals surface area contributed by atoms with Crippen molar-refractivity contribution < 1.29 is 9.47 Å². The lowest BCUT2D eigenvalue weighted by atomic mass is 10.2. The van der Waals surface area contributed by atoms with Crippen molar-refractivity contribution in [1.82, 2.24) is 15.0 Å². The van der Waals surface area contributed by atoms with Gasteiger partial charge in [-0.25, -0.2) is 0 Å². The van der Waals surface area contributed by atoms with Gasteiger partial charge in [-0.2, -0.15) is 9.97 Å². The van der Waals surface area contributed by atoms with Crippen LogP contribution in [0.1, 0.15) is 32.0 Å². The highest BCUT2D eigenvalue weighted by atomic mass is 16.5. The zero-order valence-corrected chi connectivity index (χ0v) is 9.93. The maximum absolute atomic E-state index is 4.95. The molecule has 88 valence electrons. The van der Waals surface area contributed by atoms with Crippen LogP contribution >= 0.6 is 0 Å². The highest BCUT2D eigenvalue weighted by Crippen LogP contribution is 2.10. The SMILES string of the molecule is CCCC/C=C/c1nc(OC)nc(OC)n1. The van der Waals surface area contributed by atoms with E-state index >= 15 is 0 Å². The zero-order valence-electron chi connectivity index (χ0n) is 9.93. The minimum Gasteiger partial charge on any atom is -0.467 e. The maximum Gasteiger partial charge on any atom is 0.322 e. The van der Waals surface area contributed by atoms with Crippen LogP contribution in [0.4, 0.5) is 0 Å². The number of allylic oxidation sites excluding steroid dienone is 1. The van der Waals surface area contributed by atoms with Gasteiger partial charge in [-0.15, -0.1) is 4.98 Å². The molecule has 0 N–H and O–H groups in total. The Morgan fingerprint density at radius 3 is 2.19 bits per heavy atom. The van der Waals surface area contributed by atoms with Crippen molar-refractivity contribution >= 4 is 6.08 Å². The molecule has 1 aromatic heterocycles. The highest BCUT2D eigenvalue weighted by molar-refractivity contribution is 5.40. The van der Waals surface area contributed by atoms with E-state index in [0.717, 1.165) is 12.8 Å². The highest BCUT2D eigenvalue weighted by Gasteiger charge is 2.03. The van der Waals surface area contributed by atoms with Gasteiger partial charge in [-0.05, 0) is 12.5 Å². The monoisotopic (exact) mass is 223 g/mol. The van der Waals surface area contributed by atoms with Crippen molar-refractivity contribution in [3.8, 4) is 12.0 Å². The average molecular weight is 223 g/mol. The number of rotatable bonds is 6. The molecule has 0 amide bonds. The van der Waals surface area contributed by atoms with Crippen LogP contribution < -0.4 is 9.47 Å². The van der Waals surface area contributed by atoms with Gasteiger partial charge in [0.1, 0.15) is 0 Å². The van der Waals surface area contributed by atoms with Crippen LogP contribution in [-0.4, -0.2) is 29.2 Å². The molecule has 0 radical (unpaired) electrons. The molecular formula is C11H17N3O2. The van der Waals surface area contributed by atoms with E-state index in [1.807, 2.05) is 12.2 Å². The molecule has 0 aliphatic heterocycles. The minimum absolute atomic E-state index is 0.266. The summed E-state index contributed by atoms with van der Waals surface area (Å²) in [5, 5.41) is 0. The Labute approximate surface area is 95.5 Å². The minimum atomic E-state index is 0.266. The quantitative estimate of drug-likeness (QED) is 0.691. The number of hydrogen-bond acceptors (Lipinski definition) is 5. The van der Waals surface area contributed by atoms with Gasteiger partial charge in [0, 0.05) is 0 Å². The lowest BCUT2D eigenvalue weighted by Crippen LogP contribution is -2.00. The Balaban J connectivity index is 2.74. The van der Waals surface area contributed by atoms with E-state index < -0.39 is 0 Å². The summed E-state index contributed by atoms with van der Waals surface area (Å²) in [6.07, 6.45) is 7.25. The summed E-state index contributed by atoms with van der Waals surface area (Å²) in [4.78, 5) is 12.1. The predicted molar refractivity (Wildman–Crippen MR) is 61.5 cm³/mol. The smallest absolute Gasteiger partial charge is 0.322 e. The third-order valence-electron chi connectivity index (χ3n) is 1.97. The van der Waals surface area contributed by atoms with Crippen LogP contribution in [-0.2, 0) is 0 Å². The Hall–Kier alpha value is -1.65. The second-order valence-electron chi connectivity index (χ2n) is 3.21. The molecule has 0 atom stereocenters. The molecule has 5 heteroatoms. The molecule has 0 unspecified atom stereocenters. The van der Waals surface area contributed by atoms with Crippen molar-refractivity contribution in [1.29, 1.82) is 0 Å². The third-order valence-corrected chi connectivity index (χ3v) is 1.97. The van der Waals surface area contributed by atoms with E-state index in [2.05, 4.69) is 21.9 Å². The topological polar surface area (TPSA) is 57.1 Å². The largest absolute Gasteiger partial charge is 0.467 e. The van der Waals surface area contributed by atoms with Crippen molar-refractivity contribution in [2.24, 2.45) is 0 Å². The number of ether oxygens (including phenoxy) is 2. The van der Waals surface area contributed by atoms with Crippen LogP contribution in [0.25, 0.3) is 6.08 Å². The van der Waals surface area contributed by atoms with Crippen molar-refractivity contribution in [3.05, 3.63) is 11.9 Å². The average Bonchev–Trinajstić information content (AvgIpc) is 2.34. The maximum atomic E-state index is 4.95. The molecule has 5 nitrogen and oxygen atoms in total. The molecule has 0 saturated carbocycles. The first kappa shape index (κ1) is 12.4. The fourth-order valence-corrected chi connectivity index (χ4v) is 1.12. The van der Waals surface area contributed by atoms with Crippen molar-refractivity contribution in [2.75, 3.05) is 14.2 Å². The van der Waals surface area contributed by atoms with Crippen molar-refractivity contribution in [2.45, 2.75) is 26.2 Å². The normalized spacial score (nSPS) is 10.7. The van der Waals surface area contributed by atoms with E-state index in [-0.39, 0.29) is 12.0 Å². The molecule has 0 saturated heterocycles. The third kappa shape index (κ3) is 3.84. The summed E-state index contributed by atoms with van der Waals surface area (Å²) < 4.78 is 9.90. The van der Waals surface area contributed by atoms with E-state index in [9.17, 15) is 0 Å². The summed E-state index contributed by atoms with van der Waals surface area (Å²) in [6.45, 7) is 2.16. The first-order valence-corrected chi connectivity index (χ1v) is 5.30. The zero-order chi connectivity index (χ0) is 11.8. The lowest BCUT2D eigenvalue weighted by molar-refractivity contribution is 0.339.